The lowest BCUT2D eigenvalue weighted by molar-refractivity contribution is 0.253. The van der Waals surface area contributed by atoms with Gasteiger partial charge in [0.2, 0.25) is 0 Å². The Morgan fingerprint density at radius 3 is 2.21 bits per heavy atom. The molecule has 0 amide bonds. The van der Waals surface area contributed by atoms with Crippen LogP contribution in [-0.2, 0) is 5.54 Å². The standard InChI is InChI=1S/C27H21F2N5/c28-22-12-9-19(15-23(22)29)25-32-26-31-24(18-7-10-20(11-8-18)27(30)13-4-14-27)21(16-34(26)33-25)17-5-2-1-3-6-17/h1-3,5-12,15-16H,4,13-14,30H2. The molecule has 0 atom stereocenters. The fourth-order valence-electron chi connectivity index (χ4n) is 4.43. The Kier molecular flexibility index (Phi) is 4.74. The molecule has 2 N–H and O–H groups in total. The second-order valence-corrected chi connectivity index (χ2v) is 8.77. The van der Waals surface area contributed by atoms with Gasteiger partial charge in [-0.05, 0) is 48.6 Å². The quantitative estimate of drug-likeness (QED) is 0.377. The molecule has 5 aromatic rings. The highest BCUT2D eigenvalue weighted by Crippen LogP contribution is 2.39. The van der Waals surface area contributed by atoms with Crippen LogP contribution in [-0.4, -0.2) is 19.6 Å². The third-order valence-corrected chi connectivity index (χ3v) is 6.57. The highest BCUT2D eigenvalue weighted by molar-refractivity contribution is 5.81. The van der Waals surface area contributed by atoms with E-state index in [-0.39, 0.29) is 11.4 Å². The Labute approximate surface area is 194 Å². The summed E-state index contributed by atoms with van der Waals surface area (Å²) in [6, 6.07) is 21.8. The Morgan fingerprint density at radius 2 is 1.53 bits per heavy atom. The first kappa shape index (κ1) is 20.6. The van der Waals surface area contributed by atoms with E-state index in [2.05, 4.69) is 22.2 Å². The maximum atomic E-state index is 13.8. The van der Waals surface area contributed by atoms with Crippen LogP contribution in [0.25, 0.3) is 39.5 Å². The molecule has 1 aliphatic carbocycles. The molecule has 1 saturated carbocycles. The highest BCUT2D eigenvalue weighted by Gasteiger charge is 2.34. The number of nitrogens with two attached hydrogens (primary N) is 1. The molecular weight excluding hydrogens is 432 g/mol. The van der Waals surface area contributed by atoms with E-state index in [4.69, 9.17) is 10.7 Å². The van der Waals surface area contributed by atoms with Gasteiger partial charge in [-0.2, -0.15) is 4.98 Å². The Morgan fingerprint density at radius 1 is 0.794 bits per heavy atom. The molecule has 0 bridgehead atoms. The van der Waals surface area contributed by atoms with Gasteiger partial charge in [-0.25, -0.2) is 18.3 Å². The predicted molar refractivity (Wildman–Crippen MR) is 127 cm³/mol. The van der Waals surface area contributed by atoms with Crippen molar-refractivity contribution in [3.05, 3.63) is 96.2 Å². The van der Waals surface area contributed by atoms with Crippen LogP contribution in [0.2, 0.25) is 0 Å². The zero-order valence-electron chi connectivity index (χ0n) is 18.2. The lowest BCUT2D eigenvalue weighted by Crippen LogP contribution is -2.43. The minimum absolute atomic E-state index is 0.232. The van der Waals surface area contributed by atoms with Gasteiger partial charge < -0.3 is 5.73 Å². The van der Waals surface area contributed by atoms with Gasteiger partial charge in [-0.15, -0.1) is 5.10 Å². The first-order chi connectivity index (χ1) is 16.5. The lowest BCUT2D eigenvalue weighted by Gasteiger charge is -2.38. The van der Waals surface area contributed by atoms with Crippen LogP contribution in [0.3, 0.4) is 0 Å². The fourth-order valence-corrected chi connectivity index (χ4v) is 4.43. The summed E-state index contributed by atoms with van der Waals surface area (Å²) >= 11 is 0. The average molecular weight is 453 g/mol. The maximum absolute atomic E-state index is 13.8. The molecular formula is C27H21F2N5. The van der Waals surface area contributed by atoms with E-state index in [0.717, 1.165) is 59.3 Å². The summed E-state index contributed by atoms with van der Waals surface area (Å²) in [7, 11) is 0. The number of fused-ring (bicyclic) bond motifs is 1. The van der Waals surface area contributed by atoms with Crippen LogP contribution in [0, 0.1) is 11.6 Å². The summed E-state index contributed by atoms with van der Waals surface area (Å²) in [5.74, 6) is -1.22. The average Bonchev–Trinajstić information content (AvgIpc) is 3.27. The van der Waals surface area contributed by atoms with Crippen molar-refractivity contribution in [3.63, 3.8) is 0 Å². The van der Waals surface area contributed by atoms with Gasteiger partial charge >= 0.3 is 0 Å². The van der Waals surface area contributed by atoms with E-state index < -0.39 is 11.6 Å². The van der Waals surface area contributed by atoms with Crippen molar-refractivity contribution in [2.45, 2.75) is 24.8 Å². The first-order valence-corrected chi connectivity index (χ1v) is 11.2. The van der Waals surface area contributed by atoms with Crippen molar-refractivity contribution in [3.8, 4) is 33.8 Å². The second-order valence-electron chi connectivity index (χ2n) is 8.77. The Hall–Kier alpha value is -3.97. The number of benzene rings is 3. The molecule has 168 valence electrons. The van der Waals surface area contributed by atoms with Gasteiger partial charge in [0.15, 0.2) is 17.5 Å². The van der Waals surface area contributed by atoms with E-state index in [1.165, 1.54) is 6.07 Å². The summed E-state index contributed by atoms with van der Waals surface area (Å²) in [6.07, 6.45) is 5.02. The molecule has 1 fully saturated rings. The molecule has 0 saturated heterocycles. The van der Waals surface area contributed by atoms with Crippen molar-refractivity contribution < 1.29 is 8.78 Å². The molecule has 5 nitrogen and oxygen atoms in total. The van der Waals surface area contributed by atoms with Gasteiger partial charge in [0.25, 0.3) is 5.78 Å². The number of nitrogens with zero attached hydrogens (tertiary/aromatic N) is 4. The van der Waals surface area contributed by atoms with Gasteiger partial charge in [0, 0.05) is 28.4 Å². The Balaban J connectivity index is 1.49. The molecule has 3 aromatic carbocycles. The number of rotatable bonds is 4. The minimum Gasteiger partial charge on any atom is -0.321 e. The molecule has 1 aliphatic rings. The predicted octanol–water partition coefficient (Wildman–Crippen LogP) is 5.74. The smallest absolute Gasteiger partial charge is 0.253 e. The number of hydrogen-bond donors (Lipinski definition) is 1. The van der Waals surface area contributed by atoms with Crippen LogP contribution < -0.4 is 5.73 Å². The summed E-state index contributed by atoms with van der Waals surface area (Å²) in [5.41, 5.74) is 11.3. The zero-order valence-corrected chi connectivity index (χ0v) is 18.2. The fraction of sp³-hybridized carbons (Fsp3) is 0.148. The van der Waals surface area contributed by atoms with E-state index in [1.807, 2.05) is 48.7 Å². The van der Waals surface area contributed by atoms with Gasteiger partial charge in [-0.3, -0.25) is 0 Å². The summed E-state index contributed by atoms with van der Waals surface area (Å²) in [4.78, 5) is 9.31. The first-order valence-electron chi connectivity index (χ1n) is 11.2. The molecule has 0 unspecified atom stereocenters. The normalized spacial score (nSPS) is 14.8. The van der Waals surface area contributed by atoms with Crippen LogP contribution in [0.1, 0.15) is 24.8 Å². The summed E-state index contributed by atoms with van der Waals surface area (Å²) < 4.78 is 28.7. The molecule has 0 radical (unpaired) electrons. The number of halogens is 2. The Bertz CT molecular complexity index is 1510. The van der Waals surface area contributed by atoms with Crippen molar-refractivity contribution in [1.82, 2.24) is 19.6 Å². The summed E-state index contributed by atoms with van der Waals surface area (Å²) in [5, 5.41) is 4.48. The third kappa shape index (κ3) is 3.45. The molecule has 34 heavy (non-hydrogen) atoms. The molecule has 0 aliphatic heterocycles. The number of aromatic nitrogens is 4. The second kappa shape index (κ2) is 7.81. The van der Waals surface area contributed by atoms with Crippen molar-refractivity contribution >= 4 is 5.78 Å². The van der Waals surface area contributed by atoms with Crippen LogP contribution >= 0.6 is 0 Å². The largest absolute Gasteiger partial charge is 0.321 e. The summed E-state index contributed by atoms with van der Waals surface area (Å²) in [6.45, 7) is 0. The minimum atomic E-state index is -0.945. The molecule has 6 rings (SSSR count). The van der Waals surface area contributed by atoms with Gasteiger partial charge in [-0.1, -0.05) is 54.6 Å². The van der Waals surface area contributed by atoms with Crippen LogP contribution in [0.5, 0.6) is 0 Å². The highest BCUT2D eigenvalue weighted by atomic mass is 19.2. The van der Waals surface area contributed by atoms with E-state index in [9.17, 15) is 8.78 Å². The number of hydrogen-bond acceptors (Lipinski definition) is 4. The van der Waals surface area contributed by atoms with Crippen molar-refractivity contribution in [2.24, 2.45) is 5.73 Å². The van der Waals surface area contributed by atoms with E-state index >= 15 is 0 Å². The topological polar surface area (TPSA) is 69.1 Å². The molecule has 2 heterocycles. The van der Waals surface area contributed by atoms with E-state index in [1.54, 1.807) is 4.52 Å². The maximum Gasteiger partial charge on any atom is 0.253 e. The SMILES string of the molecule is NC1(c2ccc(-c3nc4nc(-c5ccc(F)c(F)c5)nn4cc3-c3ccccc3)cc2)CCC1. The lowest BCUT2D eigenvalue weighted by atomic mass is 9.72. The molecule has 0 spiro atoms. The third-order valence-electron chi connectivity index (χ3n) is 6.57. The molecule has 2 aromatic heterocycles. The van der Waals surface area contributed by atoms with Gasteiger partial charge in [0.05, 0.1) is 5.69 Å². The molecule has 7 heteroatoms. The van der Waals surface area contributed by atoms with Crippen molar-refractivity contribution in [1.29, 1.82) is 0 Å². The van der Waals surface area contributed by atoms with Gasteiger partial charge in [0.1, 0.15) is 0 Å². The van der Waals surface area contributed by atoms with Crippen LogP contribution in [0.4, 0.5) is 8.78 Å². The zero-order chi connectivity index (χ0) is 23.3. The van der Waals surface area contributed by atoms with Crippen molar-refractivity contribution in [2.75, 3.05) is 0 Å². The van der Waals surface area contributed by atoms with Crippen LogP contribution in [0.15, 0.2) is 79.0 Å². The van der Waals surface area contributed by atoms with E-state index in [0.29, 0.717) is 11.3 Å². The monoisotopic (exact) mass is 453 g/mol.